The van der Waals surface area contributed by atoms with E-state index in [1.165, 1.54) is 0 Å². The number of hydrogen-bond acceptors (Lipinski definition) is 2. The molecule has 0 saturated heterocycles. The van der Waals surface area contributed by atoms with Crippen molar-refractivity contribution in [1.29, 1.82) is 0 Å². The van der Waals surface area contributed by atoms with Crippen LogP contribution in [0.1, 0.15) is 30.9 Å². The summed E-state index contributed by atoms with van der Waals surface area (Å²) < 4.78 is 0. The van der Waals surface area contributed by atoms with Gasteiger partial charge in [0.15, 0.2) is 6.04 Å². The van der Waals surface area contributed by atoms with Gasteiger partial charge in [-0.2, -0.15) is 0 Å². The van der Waals surface area contributed by atoms with Crippen LogP contribution in [0, 0.1) is 5.92 Å². The largest absolute Gasteiger partial charge is 0.479 e. The highest BCUT2D eigenvalue weighted by Gasteiger charge is 2.27. The molecule has 0 bridgehead atoms. The van der Waals surface area contributed by atoms with Crippen molar-refractivity contribution < 1.29 is 14.7 Å². The number of carboxylic acid groups (broad SMARTS) is 1. The van der Waals surface area contributed by atoms with Gasteiger partial charge in [0.25, 0.3) is 0 Å². The second kappa shape index (κ2) is 6.57. The first-order valence-corrected chi connectivity index (χ1v) is 6.90. The SMILES string of the molecule is O=C(N[C@@H](C(=O)O)c1ccccc1Cl)C1CC=CCC1. The van der Waals surface area contributed by atoms with E-state index >= 15 is 0 Å². The molecule has 2 rings (SSSR count). The number of hydrogen-bond donors (Lipinski definition) is 2. The van der Waals surface area contributed by atoms with Crippen molar-refractivity contribution in [2.75, 3.05) is 0 Å². The predicted octanol–water partition coefficient (Wildman–Crippen LogP) is 2.94. The van der Waals surface area contributed by atoms with Crippen LogP contribution in [0.25, 0.3) is 0 Å². The van der Waals surface area contributed by atoms with E-state index in [1.54, 1.807) is 24.3 Å². The summed E-state index contributed by atoms with van der Waals surface area (Å²) in [5.74, 6) is -1.51. The van der Waals surface area contributed by atoms with Gasteiger partial charge in [0, 0.05) is 16.5 Å². The molecule has 5 heteroatoms. The van der Waals surface area contributed by atoms with Gasteiger partial charge in [-0.05, 0) is 25.3 Å². The number of halogens is 1. The van der Waals surface area contributed by atoms with Gasteiger partial charge < -0.3 is 10.4 Å². The smallest absolute Gasteiger partial charge is 0.330 e. The van der Waals surface area contributed by atoms with Crippen molar-refractivity contribution in [2.24, 2.45) is 5.92 Å². The van der Waals surface area contributed by atoms with E-state index in [9.17, 15) is 14.7 Å². The van der Waals surface area contributed by atoms with E-state index in [2.05, 4.69) is 5.32 Å². The molecule has 2 N–H and O–H groups in total. The molecule has 106 valence electrons. The monoisotopic (exact) mass is 293 g/mol. The molecular weight excluding hydrogens is 278 g/mol. The van der Waals surface area contributed by atoms with Gasteiger partial charge in [-0.15, -0.1) is 0 Å². The highest BCUT2D eigenvalue weighted by molar-refractivity contribution is 6.31. The summed E-state index contributed by atoms with van der Waals surface area (Å²) in [5, 5.41) is 12.2. The van der Waals surface area contributed by atoms with Crippen LogP contribution in [0.4, 0.5) is 0 Å². The Hall–Kier alpha value is -1.81. The molecule has 1 amide bonds. The number of carbonyl (C=O) groups excluding carboxylic acids is 1. The predicted molar refractivity (Wildman–Crippen MR) is 76.5 cm³/mol. The first-order chi connectivity index (χ1) is 9.59. The molecule has 1 aromatic carbocycles. The lowest BCUT2D eigenvalue weighted by Crippen LogP contribution is -2.38. The van der Waals surface area contributed by atoms with Gasteiger partial charge >= 0.3 is 5.97 Å². The van der Waals surface area contributed by atoms with Gasteiger partial charge in [-0.25, -0.2) is 4.79 Å². The van der Waals surface area contributed by atoms with Gasteiger partial charge in [0.05, 0.1) is 0 Å². The maximum atomic E-state index is 12.1. The molecule has 0 radical (unpaired) electrons. The third-order valence-corrected chi connectivity index (χ3v) is 3.73. The lowest BCUT2D eigenvalue weighted by atomic mass is 9.93. The number of nitrogens with one attached hydrogen (secondary N) is 1. The Morgan fingerprint density at radius 3 is 2.65 bits per heavy atom. The van der Waals surface area contributed by atoms with E-state index in [-0.39, 0.29) is 11.8 Å². The van der Waals surface area contributed by atoms with Gasteiger partial charge in [-0.3, -0.25) is 4.79 Å². The molecule has 4 nitrogen and oxygen atoms in total. The molecule has 0 heterocycles. The molecule has 1 aromatic rings. The van der Waals surface area contributed by atoms with Crippen LogP contribution < -0.4 is 5.32 Å². The first kappa shape index (κ1) is 14.6. The molecule has 0 spiro atoms. The normalized spacial score (nSPS) is 19.4. The number of allylic oxidation sites excluding steroid dienone is 2. The van der Waals surface area contributed by atoms with Crippen molar-refractivity contribution in [1.82, 2.24) is 5.32 Å². The standard InChI is InChI=1S/C15H16ClNO3/c16-12-9-5-4-8-11(12)13(15(19)20)17-14(18)10-6-2-1-3-7-10/h1-2,4-5,8-10,13H,3,6-7H2,(H,17,18)(H,19,20)/t10?,13-/m1/s1. The summed E-state index contributed by atoms with van der Waals surface area (Å²) in [6.07, 6.45) is 6.24. The molecule has 1 unspecified atom stereocenters. The Kier molecular flexibility index (Phi) is 4.79. The number of aliphatic carboxylic acids is 1. The van der Waals surface area contributed by atoms with Crippen molar-refractivity contribution in [3.8, 4) is 0 Å². The van der Waals surface area contributed by atoms with Crippen molar-refractivity contribution >= 4 is 23.5 Å². The zero-order valence-corrected chi connectivity index (χ0v) is 11.6. The molecule has 0 saturated carbocycles. The minimum Gasteiger partial charge on any atom is -0.479 e. The Morgan fingerprint density at radius 2 is 2.05 bits per heavy atom. The average molecular weight is 294 g/mol. The summed E-state index contributed by atoms with van der Waals surface area (Å²) in [4.78, 5) is 23.5. The number of carbonyl (C=O) groups is 2. The molecular formula is C15H16ClNO3. The molecule has 0 fully saturated rings. The Morgan fingerprint density at radius 1 is 1.30 bits per heavy atom. The average Bonchev–Trinajstić information content (AvgIpc) is 2.46. The van der Waals surface area contributed by atoms with Gasteiger partial charge in [-0.1, -0.05) is 42.0 Å². The van der Waals surface area contributed by atoms with Crippen LogP contribution in [0.2, 0.25) is 5.02 Å². The van der Waals surface area contributed by atoms with Crippen LogP contribution in [-0.4, -0.2) is 17.0 Å². The van der Waals surface area contributed by atoms with Crippen LogP contribution in [0.5, 0.6) is 0 Å². The van der Waals surface area contributed by atoms with E-state index in [0.29, 0.717) is 17.0 Å². The Bertz CT molecular complexity index is 542. The number of carboxylic acids is 1. The van der Waals surface area contributed by atoms with Crippen LogP contribution in [-0.2, 0) is 9.59 Å². The van der Waals surface area contributed by atoms with E-state index < -0.39 is 12.0 Å². The third-order valence-electron chi connectivity index (χ3n) is 3.39. The molecule has 1 aliphatic carbocycles. The zero-order chi connectivity index (χ0) is 14.5. The summed E-state index contributed by atoms with van der Waals surface area (Å²) in [7, 11) is 0. The van der Waals surface area contributed by atoms with E-state index in [4.69, 9.17) is 11.6 Å². The van der Waals surface area contributed by atoms with Gasteiger partial charge in [0.1, 0.15) is 0 Å². The molecule has 2 atom stereocenters. The van der Waals surface area contributed by atoms with E-state index in [1.807, 2.05) is 12.2 Å². The molecule has 20 heavy (non-hydrogen) atoms. The molecule has 1 aliphatic rings. The lowest BCUT2D eigenvalue weighted by molar-refractivity contribution is -0.142. The third kappa shape index (κ3) is 3.39. The minimum atomic E-state index is -1.11. The Balaban J connectivity index is 2.14. The van der Waals surface area contributed by atoms with Crippen LogP contribution in [0.15, 0.2) is 36.4 Å². The number of rotatable bonds is 4. The first-order valence-electron chi connectivity index (χ1n) is 6.52. The minimum absolute atomic E-state index is 0.163. The summed E-state index contributed by atoms with van der Waals surface area (Å²) in [6, 6.07) is 5.54. The summed E-state index contributed by atoms with van der Waals surface area (Å²) in [5.41, 5.74) is 0.404. The number of amides is 1. The second-order valence-corrected chi connectivity index (χ2v) is 5.19. The fraction of sp³-hybridized carbons (Fsp3) is 0.333. The van der Waals surface area contributed by atoms with Crippen molar-refractivity contribution in [2.45, 2.75) is 25.3 Å². The van der Waals surface area contributed by atoms with Gasteiger partial charge in [0.2, 0.25) is 5.91 Å². The maximum Gasteiger partial charge on any atom is 0.330 e. The van der Waals surface area contributed by atoms with E-state index in [0.717, 1.165) is 12.8 Å². The quantitative estimate of drug-likeness (QED) is 0.839. The fourth-order valence-corrected chi connectivity index (χ4v) is 2.52. The lowest BCUT2D eigenvalue weighted by Gasteiger charge is -2.21. The molecule has 0 aromatic heterocycles. The topological polar surface area (TPSA) is 66.4 Å². The fourth-order valence-electron chi connectivity index (χ4n) is 2.27. The number of benzene rings is 1. The van der Waals surface area contributed by atoms with Crippen LogP contribution in [0.3, 0.4) is 0 Å². The zero-order valence-electron chi connectivity index (χ0n) is 10.9. The highest BCUT2D eigenvalue weighted by Crippen LogP contribution is 2.25. The maximum absolute atomic E-state index is 12.1. The summed E-state index contributed by atoms with van der Waals surface area (Å²) >= 11 is 6.01. The van der Waals surface area contributed by atoms with Crippen LogP contribution >= 0.6 is 11.6 Å². The highest BCUT2D eigenvalue weighted by atomic mass is 35.5. The molecule has 0 aliphatic heterocycles. The Labute approximate surface area is 122 Å². The second-order valence-electron chi connectivity index (χ2n) is 4.78. The summed E-state index contributed by atoms with van der Waals surface area (Å²) in [6.45, 7) is 0. The van der Waals surface area contributed by atoms with Crippen molar-refractivity contribution in [3.63, 3.8) is 0 Å². The van der Waals surface area contributed by atoms with Crippen molar-refractivity contribution in [3.05, 3.63) is 47.0 Å².